The van der Waals surface area contributed by atoms with Gasteiger partial charge in [0.2, 0.25) is 17.7 Å². The van der Waals surface area contributed by atoms with E-state index in [1.54, 1.807) is 13.1 Å². The second-order valence-electron chi connectivity index (χ2n) is 9.80. The van der Waals surface area contributed by atoms with Crippen LogP contribution in [0.4, 0.5) is 0 Å². The zero-order valence-electron chi connectivity index (χ0n) is 22.6. The van der Waals surface area contributed by atoms with Gasteiger partial charge in [0.15, 0.2) is 5.96 Å². The third-order valence-corrected chi connectivity index (χ3v) is 6.03. The molecule has 1 rings (SSSR count). The quantitative estimate of drug-likeness (QED) is 0.0686. The number of H-pyrrole nitrogens is 1. The summed E-state index contributed by atoms with van der Waals surface area (Å²) in [6, 6.07) is -4.10. The molecule has 0 bridgehead atoms. The van der Waals surface area contributed by atoms with Crippen molar-refractivity contribution in [2.75, 3.05) is 6.54 Å². The Kier molecular flexibility index (Phi) is 13.8. The predicted molar refractivity (Wildman–Crippen MR) is 143 cm³/mol. The normalized spacial score (nSPS) is 15.0. The molecule has 0 saturated heterocycles. The minimum Gasteiger partial charge on any atom is -0.480 e. The highest BCUT2D eigenvalue weighted by Crippen LogP contribution is 2.11. The maximum atomic E-state index is 13.3. The molecule has 3 amide bonds. The van der Waals surface area contributed by atoms with Crippen molar-refractivity contribution in [3.63, 3.8) is 0 Å². The Hall–Kier alpha value is -3.68. The molecule has 1 heterocycles. The number of carboxylic acid groups (broad SMARTS) is 1. The number of guanidine groups is 1. The van der Waals surface area contributed by atoms with Gasteiger partial charge in [-0.05, 0) is 31.1 Å². The number of carbonyl (C=O) groups excluding carboxylic acids is 3. The molecule has 5 atom stereocenters. The molecule has 0 aliphatic heterocycles. The summed E-state index contributed by atoms with van der Waals surface area (Å²) in [7, 11) is 0. The SMILES string of the molecule is CCC(C)C(NC(=O)C(CCCN=C(N)N)NC(=O)C(CC(C)C)NC(=O)C(N)Cc1cnc[nH]1)C(=O)O. The van der Waals surface area contributed by atoms with Crippen LogP contribution in [0.15, 0.2) is 17.5 Å². The maximum Gasteiger partial charge on any atom is 0.326 e. The topological polar surface area (TPSA) is 244 Å². The third-order valence-electron chi connectivity index (χ3n) is 6.03. The fourth-order valence-electron chi connectivity index (χ4n) is 3.69. The molecular formula is C24H43N9O5. The number of nitrogens with one attached hydrogen (secondary N) is 4. The van der Waals surface area contributed by atoms with E-state index in [4.69, 9.17) is 17.2 Å². The van der Waals surface area contributed by atoms with Gasteiger partial charge in [0.05, 0.1) is 12.4 Å². The van der Waals surface area contributed by atoms with Crippen molar-refractivity contribution in [3.8, 4) is 0 Å². The number of amides is 3. The maximum absolute atomic E-state index is 13.3. The van der Waals surface area contributed by atoms with Gasteiger partial charge >= 0.3 is 5.97 Å². The molecule has 0 saturated carbocycles. The molecule has 14 nitrogen and oxygen atoms in total. The second kappa shape index (κ2) is 16.2. The van der Waals surface area contributed by atoms with Crippen molar-refractivity contribution in [1.82, 2.24) is 25.9 Å². The van der Waals surface area contributed by atoms with Gasteiger partial charge in [0.1, 0.15) is 18.1 Å². The van der Waals surface area contributed by atoms with Crippen molar-refractivity contribution in [2.45, 2.75) is 84.0 Å². The van der Waals surface area contributed by atoms with Gasteiger partial charge in [0.25, 0.3) is 0 Å². The van der Waals surface area contributed by atoms with Gasteiger partial charge in [0, 0.05) is 24.9 Å². The first-order valence-electron chi connectivity index (χ1n) is 12.8. The summed E-state index contributed by atoms with van der Waals surface area (Å²) in [6.45, 7) is 7.52. The number of hydrogen-bond donors (Lipinski definition) is 8. The van der Waals surface area contributed by atoms with E-state index in [1.165, 1.54) is 6.33 Å². The van der Waals surface area contributed by atoms with Crippen LogP contribution in [0.5, 0.6) is 0 Å². The van der Waals surface area contributed by atoms with Crippen molar-refractivity contribution in [3.05, 3.63) is 18.2 Å². The fraction of sp³-hybridized carbons (Fsp3) is 0.667. The van der Waals surface area contributed by atoms with Crippen LogP contribution in [0.1, 0.15) is 59.1 Å². The van der Waals surface area contributed by atoms with Crippen LogP contribution in [0.3, 0.4) is 0 Å². The summed E-state index contributed by atoms with van der Waals surface area (Å²) in [5, 5.41) is 17.5. The molecule has 0 spiro atoms. The number of aromatic nitrogens is 2. The highest BCUT2D eigenvalue weighted by atomic mass is 16.4. The first kappa shape index (κ1) is 32.3. The lowest BCUT2D eigenvalue weighted by Gasteiger charge is -2.27. The summed E-state index contributed by atoms with van der Waals surface area (Å²) in [5.41, 5.74) is 17.4. The Morgan fingerprint density at radius 3 is 2.21 bits per heavy atom. The van der Waals surface area contributed by atoms with Gasteiger partial charge in [-0.1, -0.05) is 34.1 Å². The molecule has 1 aromatic rings. The number of imidazole rings is 1. The highest BCUT2D eigenvalue weighted by Gasteiger charge is 2.32. The Labute approximate surface area is 223 Å². The summed E-state index contributed by atoms with van der Waals surface area (Å²) >= 11 is 0. The number of nitrogens with two attached hydrogens (primary N) is 3. The van der Waals surface area contributed by atoms with Crippen molar-refractivity contribution in [1.29, 1.82) is 0 Å². The number of hydrogen-bond acceptors (Lipinski definition) is 7. The van der Waals surface area contributed by atoms with Gasteiger partial charge in [-0.3, -0.25) is 19.4 Å². The summed E-state index contributed by atoms with van der Waals surface area (Å²) in [5.74, 6) is -3.35. The molecule has 1 aromatic heterocycles. The van der Waals surface area contributed by atoms with Crippen LogP contribution in [0.25, 0.3) is 0 Å². The van der Waals surface area contributed by atoms with Crippen molar-refractivity contribution < 1.29 is 24.3 Å². The lowest BCUT2D eigenvalue weighted by atomic mass is 9.98. The van der Waals surface area contributed by atoms with E-state index in [9.17, 15) is 24.3 Å². The number of aliphatic carboxylic acids is 1. The number of rotatable bonds is 17. The Balaban J connectivity index is 3.02. The first-order chi connectivity index (χ1) is 17.8. The van der Waals surface area contributed by atoms with E-state index in [1.807, 2.05) is 20.8 Å². The van der Waals surface area contributed by atoms with Crippen LogP contribution in [-0.2, 0) is 25.6 Å². The molecular weight excluding hydrogens is 494 g/mol. The number of carboxylic acids is 1. The summed E-state index contributed by atoms with van der Waals surface area (Å²) < 4.78 is 0. The molecule has 11 N–H and O–H groups in total. The minimum atomic E-state index is -1.17. The number of carbonyl (C=O) groups is 4. The van der Waals surface area contributed by atoms with Crippen LogP contribution in [-0.4, -0.2) is 75.4 Å². The summed E-state index contributed by atoms with van der Waals surface area (Å²) in [6.07, 6.45) is 4.53. The smallest absolute Gasteiger partial charge is 0.326 e. The van der Waals surface area contributed by atoms with Crippen LogP contribution < -0.4 is 33.2 Å². The lowest BCUT2D eigenvalue weighted by molar-refractivity contribution is -0.144. The molecule has 14 heteroatoms. The average Bonchev–Trinajstić information content (AvgIpc) is 3.35. The monoisotopic (exact) mass is 537 g/mol. The van der Waals surface area contributed by atoms with Crippen molar-refractivity contribution in [2.24, 2.45) is 34.0 Å². The molecule has 38 heavy (non-hydrogen) atoms. The van der Waals surface area contributed by atoms with Gasteiger partial charge in [-0.25, -0.2) is 9.78 Å². The van der Waals surface area contributed by atoms with E-state index < -0.39 is 47.9 Å². The van der Waals surface area contributed by atoms with Crippen LogP contribution in [0.2, 0.25) is 0 Å². The van der Waals surface area contributed by atoms with E-state index in [0.29, 0.717) is 25.0 Å². The second-order valence-corrected chi connectivity index (χ2v) is 9.80. The van der Waals surface area contributed by atoms with Crippen LogP contribution in [0, 0.1) is 11.8 Å². The van der Waals surface area contributed by atoms with E-state index in [0.717, 1.165) is 0 Å². The fourth-order valence-corrected chi connectivity index (χ4v) is 3.69. The van der Waals surface area contributed by atoms with Crippen LogP contribution >= 0.6 is 0 Å². The van der Waals surface area contributed by atoms with E-state index in [2.05, 4.69) is 30.9 Å². The highest BCUT2D eigenvalue weighted by molar-refractivity contribution is 5.94. The van der Waals surface area contributed by atoms with Crippen molar-refractivity contribution >= 4 is 29.7 Å². The standard InChI is InChI=1S/C24H43N9O5/c1-5-14(4)19(23(37)38)33-21(35)17(7-6-8-29-24(26)27)31-22(36)18(9-13(2)3)32-20(34)16(25)10-15-11-28-12-30-15/h11-14,16-19H,5-10,25H2,1-4H3,(H,28,30)(H,31,36)(H,32,34)(H,33,35)(H,37,38)(H4,26,27,29). The van der Waals surface area contributed by atoms with Gasteiger partial charge < -0.3 is 43.2 Å². The molecule has 0 aliphatic rings. The molecule has 0 radical (unpaired) electrons. The van der Waals surface area contributed by atoms with E-state index >= 15 is 0 Å². The largest absolute Gasteiger partial charge is 0.480 e. The molecule has 0 aromatic carbocycles. The lowest BCUT2D eigenvalue weighted by Crippen LogP contribution is -2.58. The molecule has 0 aliphatic carbocycles. The Bertz CT molecular complexity index is 932. The van der Waals surface area contributed by atoms with E-state index in [-0.39, 0.29) is 37.2 Å². The predicted octanol–water partition coefficient (Wildman–Crippen LogP) is -1.04. The number of aromatic amines is 1. The molecule has 0 fully saturated rings. The molecule has 5 unspecified atom stereocenters. The zero-order valence-corrected chi connectivity index (χ0v) is 22.6. The Morgan fingerprint density at radius 1 is 1.05 bits per heavy atom. The van der Waals surface area contributed by atoms with Gasteiger partial charge in [-0.15, -0.1) is 0 Å². The number of aliphatic imine (C=N–C) groups is 1. The minimum absolute atomic E-state index is 0.0332. The summed E-state index contributed by atoms with van der Waals surface area (Å²) in [4.78, 5) is 61.5. The molecule has 214 valence electrons. The number of nitrogens with zero attached hydrogens (tertiary/aromatic N) is 2. The average molecular weight is 538 g/mol. The zero-order chi connectivity index (χ0) is 28.8. The Morgan fingerprint density at radius 2 is 1.68 bits per heavy atom. The van der Waals surface area contributed by atoms with Gasteiger partial charge in [-0.2, -0.15) is 0 Å². The third kappa shape index (κ3) is 11.6. The first-order valence-corrected chi connectivity index (χ1v) is 12.8.